The maximum Gasteiger partial charge on any atom is 0.175 e. The highest BCUT2D eigenvalue weighted by Crippen LogP contribution is 2.23. The van der Waals surface area contributed by atoms with Gasteiger partial charge in [-0.2, -0.15) is 5.10 Å². The Morgan fingerprint density at radius 2 is 1.74 bits per heavy atom. The molecule has 8 heteroatoms. The number of hydrogen-bond donors (Lipinski definition) is 2. The number of anilines is 2. The molecule has 1 heterocycles. The first-order valence-corrected chi connectivity index (χ1v) is 10.1. The van der Waals surface area contributed by atoms with Crippen molar-refractivity contribution in [3.05, 3.63) is 73.9 Å². The van der Waals surface area contributed by atoms with E-state index in [2.05, 4.69) is 37.7 Å². The standard InChI is InChI=1S/C19H17BrCl2N4S/c1-11-18(20)12(2)26(25-11)10-13-4-3-5-16(6-13)23-19(27)24-17-8-14(21)7-15(22)9-17/h3-9H,10H2,1-2H3,(H2,23,24,27). The molecule has 0 amide bonds. The average molecular weight is 484 g/mol. The van der Waals surface area contributed by atoms with Crippen molar-refractivity contribution in [3.63, 3.8) is 0 Å². The van der Waals surface area contributed by atoms with Gasteiger partial charge in [0.1, 0.15) is 0 Å². The van der Waals surface area contributed by atoms with Gasteiger partial charge in [0.25, 0.3) is 0 Å². The second-order valence-electron chi connectivity index (χ2n) is 6.08. The highest BCUT2D eigenvalue weighted by molar-refractivity contribution is 9.10. The summed E-state index contributed by atoms with van der Waals surface area (Å²) in [7, 11) is 0. The van der Waals surface area contributed by atoms with Gasteiger partial charge in [0.05, 0.1) is 22.4 Å². The van der Waals surface area contributed by atoms with Crippen LogP contribution in [0, 0.1) is 13.8 Å². The molecule has 0 atom stereocenters. The van der Waals surface area contributed by atoms with E-state index in [1.54, 1.807) is 18.2 Å². The molecule has 0 aliphatic carbocycles. The highest BCUT2D eigenvalue weighted by Gasteiger charge is 2.09. The lowest BCUT2D eigenvalue weighted by Crippen LogP contribution is -2.19. The van der Waals surface area contributed by atoms with Gasteiger partial charge in [-0.15, -0.1) is 0 Å². The van der Waals surface area contributed by atoms with Crippen molar-refractivity contribution >= 4 is 67.8 Å². The fraction of sp³-hybridized carbons (Fsp3) is 0.158. The van der Waals surface area contributed by atoms with Crippen molar-refractivity contribution in [2.75, 3.05) is 10.6 Å². The first kappa shape index (κ1) is 20.1. The largest absolute Gasteiger partial charge is 0.332 e. The van der Waals surface area contributed by atoms with E-state index in [0.29, 0.717) is 21.7 Å². The summed E-state index contributed by atoms with van der Waals surface area (Å²) in [6, 6.07) is 13.2. The van der Waals surface area contributed by atoms with Gasteiger partial charge in [-0.1, -0.05) is 35.3 Å². The van der Waals surface area contributed by atoms with Crippen molar-refractivity contribution in [1.29, 1.82) is 0 Å². The molecule has 0 bridgehead atoms. The first-order valence-electron chi connectivity index (χ1n) is 8.14. The molecule has 0 fully saturated rings. The lowest BCUT2D eigenvalue weighted by atomic mass is 10.2. The van der Waals surface area contributed by atoms with Gasteiger partial charge in [0.15, 0.2) is 5.11 Å². The van der Waals surface area contributed by atoms with E-state index >= 15 is 0 Å². The van der Waals surface area contributed by atoms with Crippen LogP contribution in [-0.2, 0) is 6.54 Å². The number of nitrogens with zero attached hydrogens (tertiary/aromatic N) is 2. The fourth-order valence-corrected chi connectivity index (χ4v) is 3.71. The minimum Gasteiger partial charge on any atom is -0.332 e. The van der Waals surface area contributed by atoms with E-state index in [1.165, 1.54) is 0 Å². The Kier molecular flexibility index (Phi) is 6.42. The SMILES string of the molecule is Cc1nn(Cc2cccc(NC(=S)Nc3cc(Cl)cc(Cl)c3)c2)c(C)c1Br. The van der Waals surface area contributed by atoms with Crippen molar-refractivity contribution in [3.8, 4) is 0 Å². The van der Waals surface area contributed by atoms with Gasteiger partial charge in [-0.05, 0) is 77.9 Å². The predicted molar refractivity (Wildman–Crippen MR) is 121 cm³/mol. The molecule has 0 saturated heterocycles. The average Bonchev–Trinajstić information content (AvgIpc) is 2.81. The third-order valence-corrected chi connectivity index (χ3v) is 5.72. The van der Waals surface area contributed by atoms with Crippen LogP contribution < -0.4 is 10.6 Å². The van der Waals surface area contributed by atoms with Crippen LogP contribution in [0.3, 0.4) is 0 Å². The molecule has 3 rings (SSSR count). The van der Waals surface area contributed by atoms with Gasteiger partial charge >= 0.3 is 0 Å². The monoisotopic (exact) mass is 482 g/mol. The zero-order chi connectivity index (χ0) is 19.6. The molecule has 2 aromatic carbocycles. The topological polar surface area (TPSA) is 41.9 Å². The van der Waals surface area contributed by atoms with E-state index in [9.17, 15) is 0 Å². The summed E-state index contributed by atoms with van der Waals surface area (Å²) in [5, 5.41) is 12.4. The predicted octanol–water partition coefficient (Wildman–Crippen LogP) is 6.43. The molecular weight excluding hydrogens is 467 g/mol. The highest BCUT2D eigenvalue weighted by atomic mass is 79.9. The van der Waals surface area contributed by atoms with E-state index < -0.39 is 0 Å². The summed E-state index contributed by atoms with van der Waals surface area (Å²) < 4.78 is 3.02. The minimum absolute atomic E-state index is 0.458. The second kappa shape index (κ2) is 8.61. The Morgan fingerprint density at radius 3 is 2.37 bits per heavy atom. The molecule has 140 valence electrons. The number of thiocarbonyl (C=S) groups is 1. The van der Waals surface area contributed by atoms with Gasteiger partial charge in [-0.25, -0.2) is 0 Å². The van der Waals surface area contributed by atoms with Crippen LogP contribution in [0.4, 0.5) is 11.4 Å². The van der Waals surface area contributed by atoms with Crippen LogP contribution in [0.25, 0.3) is 0 Å². The first-order chi connectivity index (χ1) is 12.8. The Bertz CT molecular complexity index is 983. The third-order valence-electron chi connectivity index (χ3n) is 3.93. The Hall–Kier alpha value is -1.60. The smallest absolute Gasteiger partial charge is 0.175 e. The number of hydrogen-bond acceptors (Lipinski definition) is 2. The minimum atomic E-state index is 0.458. The van der Waals surface area contributed by atoms with Crippen molar-refractivity contribution < 1.29 is 0 Å². The lowest BCUT2D eigenvalue weighted by Gasteiger charge is -2.12. The van der Waals surface area contributed by atoms with Crippen LogP contribution in [0.5, 0.6) is 0 Å². The fourth-order valence-electron chi connectivity index (χ4n) is 2.67. The summed E-state index contributed by atoms with van der Waals surface area (Å²) in [6.07, 6.45) is 0. The quantitative estimate of drug-likeness (QED) is 0.419. The Labute approximate surface area is 182 Å². The zero-order valence-electron chi connectivity index (χ0n) is 14.7. The van der Waals surface area contributed by atoms with E-state index in [-0.39, 0.29) is 0 Å². The molecule has 3 aromatic rings. The Morgan fingerprint density at radius 1 is 1.07 bits per heavy atom. The number of aromatic nitrogens is 2. The van der Waals surface area contributed by atoms with E-state index in [0.717, 1.165) is 32.8 Å². The molecule has 1 aromatic heterocycles. The molecule has 0 unspecified atom stereocenters. The maximum atomic E-state index is 6.02. The van der Waals surface area contributed by atoms with Crippen LogP contribution in [-0.4, -0.2) is 14.9 Å². The molecule has 0 aliphatic rings. The molecule has 0 radical (unpaired) electrons. The van der Waals surface area contributed by atoms with Gasteiger partial charge in [-0.3, -0.25) is 4.68 Å². The van der Waals surface area contributed by atoms with E-state index in [1.807, 2.05) is 36.7 Å². The maximum absolute atomic E-state index is 6.02. The number of halogens is 3. The molecule has 0 spiro atoms. The second-order valence-corrected chi connectivity index (χ2v) is 8.15. The summed E-state index contributed by atoms with van der Waals surface area (Å²) in [6.45, 7) is 4.71. The van der Waals surface area contributed by atoms with Crippen molar-refractivity contribution in [2.24, 2.45) is 0 Å². The lowest BCUT2D eigenvalue weighted by molar-refractivity contribution is 0.659. The van der Waals surface area contributed by atoms with Gasteiger partial charge in [0, 0.05) is 21.4 Å². The molecule has 2 N–H and O–H groups in total. The molecule has 4 nitrogen and oxygen atoms in total. The number of benzene rings is 2. The van der Waals surface area contributed by atoms with Crippen LogP contribution in [0.1, 0.15) is 17.0 Å². The van der Waals surface area contributed by atoms with Crippen molar-refractivity contribution in [1.82, 2.24) is 9.78 Å². The summed E-state index contributed by atoms with van der Waals surface area (Å²) in [5.74, 6) is 0. The third kappa shape index (κ3) is 5.23. The summed E-state index contributed by atoms with van der Waals surface area (Å²) in [4.78, 5) is 0. The zero-order valence-corrected chi connectivity index (χ0v) is 18.6. The summed E-state index contributed by atoms with van der Waals surface area (Å²) in [5.41, 5.74) is 4.81. The van der Waals surface area contributed by atoms with Crippen LogP contribution in [0.15, 0.2) is 46.9 Å². The molecule has 27 heavy (non-hydrogen) atoms. The normalized spacial score (nSPS) is 10.7. The molecular formula is C19H17BrCl2N4S. The summed E-state index contributed by atoms with van der Waals surface area (Å²) >= 11 is 21.0. The van der Waals surface area contributed by atoms with Crippen LogP contribution >= 0.6 is 51.3 Å². The number of rotatable bonds is 4. The van der Waals surface area contributed by atoms with Gasteiger partial charge < -0.3 is 10.6 Å². The van der Waals surface area contributed by atoms with Gasteiger partial charge in [0.2, 0.25) is 0 Å². The van der Waals surface area contributed by atoms with Crippen LogP contribution in [0.2, 0.25) is 10.0 Å². The van der Waals surface area contributed by atoms with Crippen molar-refractivity contribution in [2.45, 2.75) is 20.4 Å². The number of nitrogens with one attached hydrogen (secondary N) is 2. The molecule has 0 aliphatic heterocycles. The molecule has 0 saturated carbocycles. The number of aryl methyl sites for hydroxylation is 1. The Balaban J connectivity index is 1.69. The van der Waals surface area contributed by atoms with E-state index in [4.69, 9.17) is 35.4 Å².